The van der Waals surface area contributed by atoms with Gasteiger partial charge in [0.25, 0.3) is 0 Å². The number of carbonyl (C=O) groups is 2. The maximum absolute atomic E-state index is 12.9. The summed E-state index contributed by atoms with van der Waals surface area (Å²) in [5.41, 5.74) is 1.58. The van der Waals surface area contributed by atoms with E-state index in [1.807, 2.05) is 35.2 Å². The zero-order valence-corrected chi connectivity index (χ0v) is 14.7. The first-order chi connectivity index (χ1) is 12.6. The van der Waals surface area contributed by atoms with Crippen molar-refractivity contribution in [3.63, 3.8) is 0 Å². The highest BCUT2D eigenvalue weighted by molar-refractivity contribution is 5.96. The van der Waals surface area contributed by atoms with Gasteiger partial charge in [0, 0.05) is 44.7 Å². The van der Waals surface area contributed by atoms with Crippen LogP contribution in [-0.2, 0) is 11.2 Å². The Morgan fingerprint density at radius 2 is 1.54 bits per heavy atom. The molecule has 1 amide bonds. The van der Waals surface area contributed by atoms with Gasteiger partial charge < -0.3 is 4.90 Å². The second kappa shape index (κ2) is 8.72. The Bertz CT molecular complexity index is 738. The molecule has 4 nitrogen and oxygen atoms in total. The van der Waals surface area contributed by atoms with E-state index in [2.05, 4.69) is 4.90 Å². The van der Waals surface area contributed by atoms with Gasteiger partial charge in [0.1, 0.15) is 5.82 Å². The van der Waals surface area contributed by atoms with Gasteiger partial charge >= 0.3 is 0 Å². The predicted molar refractivity (Wildman–Crippen MR) is 98.5 cm³/mol. The van der Waals surface area contributed by atoms with Crippen LogP contribution in [0.15, 0.2) is 54.6 Å². The van der Waals surface area contributed by atoms with Crippen LogP contribution in [0.4, 0.5) is 4.39 Å². The van der Waals surface area contributed by atoms with Gasteiger partial charge in [-0.05, 0) is 17.7 Å². The van der Waals surface area contributed by atoms with Gasteiger partial charge in [0.15, 0.2) is 5.78 Å². The first kappa shape index (κ1) is 18.3. The largest absolute Gasteiger partial charge is 0.340 e. The van der Waals surface area contributed by atoms with E-state index in [1.54, 1.807) is 12.1 Å². The van der Waals surface area contributed by atoms with Crippen LogP contribution < -0.4 is 0 Å². The molecule has 1 saturated heterocycles. The molecule has 26 heavy (non-hydrogen) atoms. The maximum atomic E-state index is 12.9. The highest BCUT2D eigenvalue weighted by Gasteiger charge is 2.21. The standard InChI is InChI=1S/C21H23FN2O2/c22-19-8-6-17(7-9-19)16-21(26)24-14-12-23(13-15-24)11-10-20(25)18-4-2-1-3-5-18/h1-9H,10-16H2. The first-order valence-corrected chi connectivity index (χ1v) is 8.94. The molecule has 0 bridgehead atoms. The zero-order valence-electron chi connectivity index (χ0n) is 14.7. The van der Waals surface area contributed by atoms with Gasteiger partial charge in [-0.1, -0.05) is 42.5 Å². The van der Waals surface area contributed by atoms with Crippen molar-refractivity contribution in [2.75, 3.05) is 32.7 Å². The Hall–Kier alpha value is -2.53. The van der Waals surface area contributed by atoms with Crippen LogP contribution in [0.25, 0.3) is 0 Å². The van der Waals surface area contributed by atoms with Gasteiger partial charge in [-0.25, -0.2) is 4.39 Å². The number of Topliss-reactive ketones (excluding diaryl/α,β-unsaturated/α-hetero) is 1. The molecule has 2 aromatic rings. The number of rotatable bonds is 6. The van der Waals surface area contributed by atoms with Crippen molar-refractivity contribution in [2.24, 2.45) is 0 Å². The minimum atomic E-state index is -0.292. The lowest BCUT2D eigenvalue weighted by molar-refractivity contribution is -0.132. The third-order valence-corrected chi connectivity index (χ3v) is 4.74. The Morgan fingerprint density at radius 3 is 2.19 bits per heavy atom. The van der Waals surface area contributed by atoms with Crippen molar-refractivity contribution in [3.05, 3.63) is 71.5 Å². The summed E-state index contributed by atoms with van der Waals surface area (Å²) in [6.07, 6.45) is 0.792. The molecule has 0 N–H and O–H groups in total. The molecule has 0 aliphatic carbocycles. The lowest BCUT2D eigenvalue weighted by Crippen LogP contribution is -2.49. The molecule has 2 aromatic carbocycles. The third kappa shape index (κ3) is 4.99. The predicted octanol–water partition coefficient (Wildman–Crippen LogP) is 2.79. The van der Waals surface area contributed by atoms with Crippen LogP contribution >= 0.6 is 0 Å². The quantitative estimate of drug-likeness (QED) is 0.749. The molecule has 0 aromatic heterocycles. The molecule has 1 fully saturated rings. The topological polar surface area (TPSA) is 40.6 Å². The van der Waals surface area contributed by atoms with Crippen LogP contribution in [0.2, 0.25) is 0 Å². The Balaban J connectivity index is 1.41. The Morgan fingerprint density at radius 1 is 0.885 bits per heavy atom. The van der Waals surface area contributed by atoms with Crippen LogP contribution in [0.3, 0.4) is 0 Å². The van der Waals surface area contributed by atoms with Crippen molar-refractivity contribution in [2.45, 2.75) is 12.8 Å². The highest BCUT2D eigenvalue weighted by Crippen LogP contribution is 2.10. The minimum absolute atomic E-state index is 0.0663. The van der Waals surface area contributed by atoms with Crippen LogP contribution in [0.1, 0.15) is 22.3 Å². The van der Waals surface area contributed by atoms with E-state index in [9.17, 15) is 14.0 Å². The third-order valence-electron chi connectivity index (χ3n) is 4.74. The second-order valence-corrected chi connectivity index (χ2v) is 6.56. The van der Waals surface area contributed by atoms with E-state index in [4.69, 9.17) is 0 Å². The number of piperazine rings is 1. The molecule has 0 saturated carbocycles. The lowest BCUT2D eigenvalue weighted by Gasteiger charge is -2.34. The molecule has 1 aliphatic rings. The van der Waals surface area contributed by atoms with Crippen molar-refractivity contribution in [3.8, 4) is 0 Å². The molecule has 0 atom stereocenters. The number of nitrogens with zero attached hydrogens (tertiary/aromatic N) is 2. The molecule has 5 heteroatoms. The molecule has 3 rings (SSSR count). The average molecular weight is 354 g/mol. The number of amides is 1. The second-order valence-electron chi connectivity index (χ2n) is 6.56. The molecular weight excluding hydrogens is 331 g/mol. The molecule has 1 aliphatic heterocycles. The van der Waals surface area contributed by atoms with Crippen molar-refractivity contribution in [1.29, 1.82) is 0 Å². The fraction of sp³-hybridized carbons (Fsp3) is 0.333. The van der Waals surface area contributed by atoms with Crippen LogP contribution in [-0.4, -0.2) is 54.2 Å². The van der Waals surface area contributed by atoms with E-state index in [0.29, 0.717) is 32.5 Å². The minimum Gasteiger partial charge on any atom is -0.340 e. The Labute approximate surface area is 153 Å². The van der Waals surface area contributed by atoms with Crippen LogP contribution in [0.5, 0.6) is 0 Å². The summed E-state index contributed by atoms with van der Waals surface area (Å²) >= 11 is 0. The monoisotopic (exact) mass is 354 g/mol. The maximum Gasteiger partial charge on any atom is 0.227 e. The van der Waals surface area contributed by atoms with Crippen LogP contribution in [0, 0.1) is 5.82 Å². The summed E-state index contributed by atoms with van der Waals surface area (Å²) in [4.78, 5) is 28.6. The van der Waals surface area contributed by atoms with Gasteiger partial charge in [-0.2, -0.15) is 0 Å². The Kier molecular flexibility index (Phi) is 6.12. The summed E-state index contributed by atoms with van der Waals surface area (Å²) in [5, 5.41) is 0. The average Bonchev–Trinajstić information content (AvgIpc) is 2.69. The first-order valence-electron chi connectivity index (χ1n) is 8.94. The summed E-state index contributed by atoms with van der Waals surface area (Å²) in [5.74, 6) is -0.0723. The van der Waals surface area contributed by atoms with E-state index < -0.39 is 0 Å². The van der Waals surface area contributed by atoms with Gasteiger partial charge in [-0.15, -0.1) is 0 Å². The fourth-order valence-electron chi connectivity index (χ4n) is 3.14. The van der Waals surface area contributed by atoms with Crippen molar-refractivity contribution >= 4 is 11.7 Å². The number of benzene rings is 2. The van der Waals surface area contributed by atoms with Gasteiger partial charge in [0.05, 0.1) is 6.42 Å². The van der Waals surface area contributed by atoms with Gasteiger partial charge in [0.2, 0.25) is 5.91 Å². The number of carbonyl (C=O) groups excluding carboxylic acids is 2. The number of ketones is 1. The van der Waals surface area contributed by atoms with E-state index in [-0.39, 0.29) is 17.5 Å². The highest BCUT2D eigenvalue weighted by atomic mass is 19.1. The van der Waals surface area contributed by atoms with Crippen molar-refractivity contribution < 1.29 is 14.0 Å². The van der Waals surface area contributed by atoms with Crippen molar-refractivity contribution in [1.82, 2.24) is 9.80 Å². The summed E-state index contributed by atoms with van der Waals surface area (Å²) in [6.45, 7) is 3.60. The van der Waals surface area contributed by atoms with E-state index in [0.717, 1.165) is 24.2 Å². The summed E-state index contributed by atoms with van der Waals surface area (Å²) in [7, 11) is 0. The lowest BCUT2D eigenvalue weighted by atomic mass is 10.1. The normalized spacial score (nSPS) is 15.0. The molecular formula is C21H23FN2O2. The summed E-state index contributed by atoms with van der Waals surface area (Å²) in [6, 6.07) is 15.4. The molecule has 0 unspecified atom stereocenters. The smallest absolute Gasteiger partial charge is 0.227 e. The zero-order chi connectivity index (χ0) is 18.4. The number of halogens is 1. The molecule has 0 radical (unpaired) electrons. The van der Waals surface area contributed by atoms with E-state index >= 15 is 0 Å². The molecule has 1 heterocycles. The van der Waals surface area contributed by atoms with Gasteiger partial charge in [-0.3, -0.25) is 14.5 Å². The molecule has 136 valence electrons. The SMILES string of the molecule is O=C(CCN1CCN(C(=O)Cc2ccc(F)cc2)CC1)c1ccccc1. The summed E-state index contributed by atoms with van der Waals surface area (Å²) < 4.78 is 12.9. The molecule has 0 spiro atoms. The fourth-order valence-corrected chi connectivity index (χ4v) is 3.14. The number of hydrogen-bond donors (Lipinski definition) is 0. The van der Waals surface area contributed by atoms with E-state index in [1.165, 1.54) is 12.1 Å². The number of hydrogen-bond acceptors (Lipinski definition) is 3.